The highest BCUT2D eigenvalue weighted by Crippen LogP contribution is 2.09. The van der Waals surface area contributed by atoms with Gasteiger partial charge in [0.2, 0.25) is 0 Å². The number of halogens is 1. The predicted octanol–water partition coefficient (Wildman–Crippen LogP) is 1.92. The molecule has 0 aliphatic rings. The zero-order valence-corrected chi connectivity index (χ0v) is 9.85. The molecule has 1 rings (SSSR count). The smallest absolute Gasteiger partial charge is 0.348 e. The first-order valence-electron chi connectivity index (χ1n) is 5.21. The SMILES string of the molecule is COCCOC(=O)/C(C#N)=C\c1ccc(F)cc1. The summed E-state index contributed by atoms with van der Waals surface area (Å²) in [6.45, 7) is 0.346. The zero-order valence-electron chi connectivity index (χ0n) is 9.85. The minimum atomic E-state index is -0.723. The van der Waals surface area contributed by atoms with Gasteiger partial charge >= 0.3 is 5.97 Å². The summed E-state index contributed by atoms with van der Waals surface area (Å²) in [6, 6.07) is 7.17. The molecule has 0 atom stereocenters. The maximum atomic E-state index is 12.7. The number of ether oxygens (including phenoxy) is 2. The molecule has 94 valence electrons. The van der Waals surface area contributed by atoms with Crippen molar-refractivity contribution < 1.29 is 18.7 Å². The van der Waals surface area contributed by atoms with Gasteiger partial charge in [0.1, 0.15) is 24.1 Å². The number of rotatable bonds is 5. The number of benzene rings is 1. The fourth-order valence-electron chi connectivity index (χ4n) is 1.16. The van der Waals surface area contributed by atoms with Crippen molar-refractivity contribution in [3.8, 4) is 6.07 Å². The van der Waals surface area contributed by atoms with Crippen molar-refractivity contribution in [2.45, 2.75) is 0 Å². The Balaban J connectivity index is 2.74. The second kappa shape index (κ2) is 7.20. The lowest BCUT2D eigenvalue weighted by molar-refractivity contribution is -0.139. The van der Waals surface area contributed by atoms with Gasteiger partial charge in [-0.1, -0.05) is 12.1 Å². The molecule has 0 fully saturated rings. The molecule has 0 amide bonds. The van der Waals surface area contributed by atoms with Crippen molar-refractivity contribution in [3.05, 3.63) is 41.2 Å². The number of esters is 1. The largest absolute Gasteiger partial charge is 0.459 e. The van der Waals surface area contributed by atoms with Crippen LogP contribution in [-0.2, 0) is 14.3 Å². The molecule has 18 heavy (non-hydrogen) atoms. The zero-order chi connectivity index (χ0) is 13.4. The molecule has 0 bridgehead atoms. The van der Waals surface area contributed by atoms with Crippen LogP contribution in [0.1, 0.15) is 5.56 Å². The van der Waals surface area contributed by atoms with E-state index in [1.807, 2.05) is 0 Å². The minimum absolute atomic E-state index is 0.0811. The fourth-order valence-corrected chi connectivity index (χ4v) is 1.16. The second-order valence-electron chi connectivity index (χ2n) is 3.35. The molecule has 5 heteroatoms. The van der Waals surface area contributed by atoms with Crippen LogP contribution in [0.2, 0.25) is 0 Å². The highest BCUT2D eigenvalue weighted by Gasteiger charge is 2.10. The van der Waals surface area contributed by atoms with E-state index in [2.05, 4.69) is 0 Å². The predicted molar refractivity (Wildman–Crippen MR) is 62.8 cm³/mol. The lowest BCUT2D eigenvalue weighted by atomic mass is 10.1. The summed E-state index contributed by atoms with van der Waals surface area (Å²) in [6.07, 6.45) is 1.34. The summed E-state index contributed by atoms with van der Waals surface area (Å²) in [4.78, 5) is 11.5. The van der Waals surface area contributed by atoms with Crippen molar-refractivity contribution in [2.24, 2.45) is 0 Å². The van der Waals surface area contributed by atoms with Gasteiger partial charge in [0, 0.05) is 7.11 Å². The van der Waals surface area contributed by atoms with E-state index >= 15 is 0 Å². The molecule has 1 aromatic carbocycles. The lowest BCUT2D eigenvalue weighted by Gasteiger charge is -2.02. The molecule has 0 N–H and O–H groups in total. The molecule has 0 aliphatic carbocycles. The third-order valence-corrected chi connectivity index (χ3v) is 2.04. The molecule has 0 radical (unpaired) electrons. The van der Waals surface area contributed by atoms with E-state index in [9.17, 15) is 9.18 Å². The summed E-state index contributed by atoms with van der Waals surface area (Å²) in [7, 11) is 1.48. The van der Waals surface area contributed by atoms with Crippen LogP contribution >= 0.6 is 0 Å². The van der Waals surface area contributed by atoms with E-state index in [0.29, 0.717) is 5.56 Å². The lowest BCUT2D eigenvalue weighted by Crippen LogP contribution is -2.11. The summed E-state index contributed by atoms with van der Waals surface area (Å²) >= 11 is 0. The summed E-state index contributed by atoms with van der Waals surface area (Å²) in [5.74, 6) is -1.10. The van der Waals surface area contributed by atoms with Crippen LogP contribution in [0.4, 0.5) is 4.39 Å². The van der Waals surface area contributed by atoms with Crippen LogP contribution < -0.4 is 0 Å². The average Bonchev–Trinajstić information content (AvgIpc) is 2.38. The standard InChI is InChI=1S/C13H12FNO3/c1-17-6-7-18-13(16)11(9-15)8-10-2-4-12(14)5-3-10/h2-5,8H,6-7H2,1H3/b11-8-. The van der Waals surface area contributed by atoms with Gasteiger partial charge in [-0.3, -0.25) is 0 Å². The topological polar surface area (TPSA) is 59.3 Å². The third kappa shape index (κ3) is 4.36. The van der Waals surface area contributed by atoms with Crippen molar-refractivity contribution in [1.82, 2.24) is 0 Å². The first-order chi connectivity index (χ1) is 8.67. The van der Waals surface area contributed by atoms with Crippen LogP contribution in [0.15, 0.2) is 29.8 Å². The first kappa shape index (κ1) is 13.9. The minimum Gasteiger partial charge on any atom is -0.459 e. The van der Waals surface area contributed by atoms with E-state index < -0.39 is 5.97 Å². The number of nitriles is 1. The van der Waals surface area contributed by atoms with E-state index in [1.165, 1.54) is 37.5 Å². The first-order valence-corrected chi connectivity index (χ1v) is 5.21. The van der Waals surface area contributed by atoms with E-state index in [-0.39, 0.29) is 24.6 Å². The maximum absolute atomic E-state index is 12.7. The normalized spacial score (nSPS) is 10.8. The molecule has 0 heterocycles. The van der Waals surface area contributed by atoms with Gasteiger partial charge in [-0.15, -0.1) is 0 Å². The Morgan fingerprint density at radius 2 is 2.06 bits per heavy atom. The number of hydrogen-bond acceptors (Lipinski definition) is 4. The van der Waals surface area contributed by atoms with Gasteiger partial charge in [0.05, 0.1) is 6.61 Å². The quantitative estimate of drug-likeness (QED) is 0.346. The van der Waals surface area contributed by atoms with E-state index in [0.717, 1.165) is 0 Å². The Labute approximate surface area is 104 Å². The molecule has 0 saturated heterocycles. The van der Waals surface area contributed by atoms with Crippen LogP contribution in [0.25, 0.3) is 6.08 Å². The van der Waals surface area contributed by atoms with Gasteiger partial charge in [-0.2, -0.15) is 5.26 Å². The van der Waals surface area contributed by atoms with Crippen molar-refractivity contribution in [1.29, 1.82) is 5.26 Å². The van der Waals surface area contributed by atoms with E-state index in [1.54, 1.807) is 6.07 Å². The van der Waals surface area contributed by atoms with Crippen LogP contribution in [0.5, 0.6) is 0 Å². The number of nitrogens with zero attached hydrogens (tertiary/aromatic N) is 1. The molecule has 4 nitrogen and oxygen atoms in total. The molecule has 0 aromatic heterocycles. The summed E-state index contributed by atoms with van der Waals surface area (Å²) in [5.41, 5.74) is 0.411. The Morgan fingerprint density at radius 1 is 1.39 bits per heavy atom. The molecule has 1 aromatic rings. The number of methoxy groups -OCH3 is 1. The highest BCUT2D eigenvalue weighted by molar-refractivity contribution is 5.97. The Kier molecular flexibility index (Phi) is 5.55. The molecular weight excluding hydrogens is 237 g/mol. The average molecular weight is 249 g/mol. The van der Waals surface area contributed by atoms with Crippen molar-refractivity contribution in [2.75, 3.05) is 20.3 Å². The van der Waals surface area contributed by atoms with E-state index in [4.69, 9.17) is 14.7 Å². The molecule has 0 spiro atoms. The number of hydrogen-bond donors (Lipinski definition) is 0. The number of carbonyl (C=O) groups is 1. The second-order valence-corrected chi connectivity index (χ2v) is 3.35. The monoisotopic (exact) mass is 249 g/mol. The third-order valence-electron chi connectivity index (χ3n) is 2.04. The fraction of sp³-hybridized carbons (Fsp3) is 0.231. The van der Waals surface area contributed by atoms with Crippen molar-refractivity contribution in [3.63, 3.8) is 0 Å². The molecule has 0 unspecified atom stereocenters. The summed E-state index contributed by atoms with van der Waals surface area (Å²) < 4.78 is 22.2. The van der Waals surface area contributed by atoms with Gasteiger partial charge in [0.25, 0.3) is 0 Å². The summed E-state index contributed by atoms with van der Waals surface area (Å²) in [5, 5.41) is 8.84. The van der Waals surface area contributed by atoms with Gasteiger partial charge in [-0.05, 0) is 23.8 Å². The van der Waals surface area contributed by atoms with Gasteiger partial charge in [-0.25, -0.2) is 9.18 Å². The molecular formula is C13H12FNO3. The maximum Gasteiger partial charge on any atom is 0.348 e. The van der Waals surface area contributed by atoms with Crippen LogP contribution in [0.3, 0.4) is 0 Å². The Hall–Kier alpha value is -2.19. The van der Waals surface area contributed by atoms with Crippen molar-refractivity contribution >= 4 is 12.0 Å². The Morgan fingerprint density at radius 3 is 2.61 bits per heavy atom. The van der Waals surface area contributed by atoms with Gasteiger partial charge in [0.15, 0.2) is 0 Å². The molecule has 0 saturated carbocycles. The molecule has 0 aliphatic heterocycles. The number of carbonyl (C=O) groups excluding carboxylic acids is 1. The van der Waals surface area contributed by atoms with Crippen LogP contribution in [0, 0.1) is 17.1 Å². The van der Waals surface area contributed by atoms with Gasteiger partial charge < -0.3 is 9.47 Å². The highest BCUT2D eigenvalue weighted by atomic mass is 19.1. The van der Waals surface area contributed by atoms with Crippen LogP contribution in [-0.4, -0.2) is 26.3 Å². The Bertz CT molecular complexity index is 474.